The van der Waals surface area contributed by atoms with Gasteiger partial charge in [-0.2, -0.15) is 0 Å². The standard InChI is InChI=1S/C11H13Cl2N/c12-10-3-4-11(13)9(7-10)8-14-5-1-2-6-14/h3-4,7H,1-2,5-6,8H2. The smallest absolute Gasteiger partial charge is 0.0452 e. The Kier molecular flexibility index (Phi) is 3.32. The lowest BCUT2D eigenvalue weighted by Crippen LogP contribution is -2.18. The molecule has 0 unspecified atom stereocenters. The minimum Gasteiger partial charge on any atom is -0.299 e. The summed E-state index contributed by atoms with van der Waals surface area (Å²) >= 11 is 12.0. The third kappa shape index (κ3) is 2.41. The second-order valence-electron chi connectivity index (χ2n) is 3.72. The maximum atomic E-state index is 6.09. The first-order chi connectivity index (χ1) is 6.75. The van der Waals surface area contributed by atoms with Gasteiger partial charge in [-0.05, 0) is 49.7 Å². The molecule has 1 aliphatic heterocycles. The molecule has 0 atom stereocenters. The predicted molar refractivity (Wildman–Crippen MR) is 61.0 cm³/mol. The first kappa shape index (κ1) is 10.3. The summed E-state index contributed by atoms with van der Waals surface area (Å²) < 4.78 is 0. The van der Waals surface area contributed by atoms with Crippen LogP contribution in [0.4, 0.5) is 0 Å². The number of nitrogens with zero attached hydrogens (tertiary/aromatic N) is 1. The predicted octanol–water partition coefficient (Wildman–Crippen LogP) is 3.59. The summed E-state index contributed by atoms with van der Waals surface area (Å²) in [4.78, 5) is 2.41. The van der Waals surface area contributed by atoms with Crippen molar-refractivity contribution in [1.29, 1.82) is 0 Å². The van der Waals surface area contributed by atoms with Crippen LogP contribution in [0.25, 0.3) is 0 Å². The molecule has 0 N–H and O–H groups in total. The average molecular weight is 230 g/mol. The van der Waals surface area contributed by atoms with E-state index in [0.717, 1.165) is 22.2 Å². The van der Waals surface area contributed by atoms with Crippen molar-refractivity contribution >= 4 is 23.2 Å². The van der Waals surface area contributed by atoms with Crippen LogP contribution in [0.5, 0.6) is 0 Å². The summed E-state index contributed by atoms with van der Waals surface area (Å²) in [5.74, 6) is 0. The molecule has 0 radical (unpaired) electrons. The van der Waals surface area contributed by atoms with E-state index in [0.29, 0.717) is 0 Å². The van der Waals surface area contributed by atoms with Crippen LogP contribution in [0.3, 0.4) is 0 Å². The highest BCUT2D eigenvalue weighted by Gasteiger charge is 2.13. The molecule has 1 nitrogen and oxygen atoms in total. The monoisotopic (exact) mass is 229 g/mol. The third-order valence-corrected chi connectivity index (χ3v) is 3.20. The number of likely N-dealkylation sites (tertiary alicyclic amines) is 1. The molecule has 0 aliphatic carbocycles. The van der Waals surface area contributed by atoms with Crippen molar-refractivity contribution in [3.05, 3.63) is 33.8 Å². The molecule has 1 aromatic carbocycles. The second-order valence-corrected chi connectivity index (χ2v) is 4.56. The first-order valence-electron chi connectivity index (χ1n) is 4.92. The lowest BCUT2D eigenvalue weighted by atomic mass is 10.2. The summed E-state index contributed by atoms with van der Waals surface area (Å²) in [6.07, 6.45) is 2.61. The van der Waals surface area contributed by atoms with Gasteiger partial charge in [-0.3, -0.25) is 4.90 Å². The van der Waals surface area contributed by atoms with Gasteiger partial charge in [-0.25, -0.2) is 0 Å². The van der Waals surface area contributed by atoms with Crippen molar-refractivity contribution in [3.8, 4) is 0 Å². The van der Waals surface area contributed by atoms with Crippen molar-refractivity contribution in [2.45, 2.75) is 19.4 Å². The van der Waals surface area contributed by atoms with Crippen molar-refractivity contribution in [1.82, 2.24) is 4.90 Å². The van der Waals surface area contributed by atoms with Crippen LogP contribution >= 0.6 is 23.2 Å². The van der Waals surface area contributed by atoms with Gasteiger partial charge in [0, 0.05) is 16.6 Å². The Morgan fingerprint density at radius 2 is 1.86 bits per heavy atom. The van der Waals surface area contributed by atoms with Gasteiger partial charge in [-0.15, -0.1) is 0 Å². The van der Waals surface area contributed by atoms with E-state index in [4.69, 9.17) is 23.2 Å². The second kappa shape index (κ2) is 4.52. The fraction of sp³-hybridized carbons (Fsp3) is 0.455. The van der Waals surface area contributed by atoms with E-state index in [-0.39, 0.29) is 0 Å². The molecule has 1 aromatic rings. The largest absolute Gasteiger partial charge is 0.299 e. The minimum absolute atomic E-state index is 0.767. The Morgan fingerprint density at radius 3 is 2.57 bits per heavy atom. The van der Waals surface area contributed by atoms with Crippen LogP contribution in [0.1, 0.15) is 18.4 Å². The van der Waals surface area contributed by atoms with Gasteiger partial charge in [0.1, 0.15) is 0 Å². The van der Waals surface area contributed by atoms with Crippen molar-refractivity contribution in [3.63, 3.8) is 0 Å². The number of rotatable bonds is 2. The Bertz CT molecular complexity index is 319. The Hall–Kier alpha value is -0.240. The number of benzene rings is 1. The van der Waals surface area contributed by atoms with Gasteiger partial charge >= 0.3 is 0 Å². The lowest BCUT2D eigenvalue weighted by molar-refractivity contribution is 0.331. The zero-order valence-electron chi connectivity index (χ0n) is 7.97. The normalized spacial score (nSPS) is 17.6. The highest BCUT2D eigenvalue weighted by atomic mass is 35.5. The Morgan fingerprint density at radius 1 is 1.14 bits per heavy atom. The number of halogens is 2. The fourth-order valence-corrected chi connectivity index (χ4v) is 2.22. The molecule has 0 aromatic heterocycles. The lowest BCUT2D eigenvalue weighted by Gasteiger charge is -2.15. The molecule has 3 heteroatoms. The quantitative estimate of drug-likeness (QED) is 0.750. The highest BCUT2D eigenvalue weighted by Crippen LogP contribution is 2.23. The Balaban J connectivity index is 2.10. The van der Waals surface area contributed by atoms with E-state index < -0.39 is 0 Å². The molecule has 76 valence electrons. The van der Waals surface area contributed by atoms with Gasteiger partial charge in [0.05, 0.1) is 0 Å². The molecule has 1 fully saturated rings. The van der Waals surface area contributed by atoms with Crippen LogP contribution in [0.15, 0.2) is 18.2 Å². The molecular weight excluding hydrogens is 217 g/mol. The van der Waals surface area contributed by atoms with Crippen LogP contribution in [0.2, 0.25) is 10.0 Å². The zero-order valence-corrected chi connectivity index (χ0v) is 9.48. The van der Waals surface area contributed by atoms with Crippen molar-refractivity contribution < 1.29 is 0 Å². The van der Waals surface area contributed by atoms with E-state index in [9.17, 15) is 0 Å². The number of hydrogen-bond acceptors (Lipinski definition) is 1. The summed E-state index contributed by atoms with van der Waals surface area (Å²) in [5, 5.41) is 1.59. The van der Waals surface area contributed by atoms with E-state index in [1.54, 1.807) is 0 Å². The maximum Gasteiger partial charge on any atom is 0.0452 e. The summed E-state index contributed by atoms with van der Waals surface area (Å²) in [5.41, 5.74) is 1.14. The van der Waals surface area contributed by atoms with Crippen molar-refractivity contribution in [2.75, 3.05) is 13.1 Å². The van der Waals surface area contributed by atoms with Crippen LogP contribution in [0, 0.1) is 0 Å². The average Bonchev–Trinajstić information content (AvgIpc) is 2.64. The molecule has 1 heterocycles. The van der Waals surface area contributed by atoms with E-state index in [2.05, 4.69) is 4.90 Å². The van der Waals surface area contributed by atoms with Gasteiger partial charge < -0.3 is 0 Å². The summed E-state index contributed by atoms with van der Waals surface area (Å²) in [6.45, 7) is 3.30. The minimum atomic E-state index is 0.767. The SMILES string of the molecule is Clc1ccc(Cl)c(CN2CCCC2)c1. The van der Waals surface area contributed by atoms with E-state index >= 15 is 0 Å². The van der Waals surface area contributed by atoms with Crippen LogP contribution < -0.4 is 0 Å². The fourth-order valence-electron chi connectivity index (χ4n) is 1.85. The topological polar surface area (TPSA) is 3.24 Å². The van der Waals surface area contributed by atoms with Gasteiger partial charge in [-0.1, -0.05) is 23.2 Å². The Labute approximate surface area is 94.6 Å². The van der Waals surface area contributed by atoms with Gasteiger partial charge in [0.25, 0.3) is 0 Å². The van der Waals surface area contributed by atoms with Crippen LogP contribution in [-0.2, 0) is 6.54 Å². The van der Waals surface area contributed by atoms with Crippen molar-refractivity contribution in [2.24, 2.45) is 0 Å². The van der Waals surface area contributed by atoms with Gasteiger partial charge in [0.15, 0.2) is 0 Å². The van der Waals surface area contributed by atoms with Gasteiger partial charge in [0.2, 0.25) is 0 Å². The summed E-state index contributed by atoms with van der Waals surface area (Å²) in [6, 6.07) is 5.66. The highest BCUT2D eigenvalue weighted by molar-refractivity contribution is 6.33. The van der Waals surface area contributed by atoms with E-state index in [1.165, 1.54) is 25.9 Å². The molecule has 2 rings (SSSR count). The molecule has 1 saturated heterocycles. The number of hydrogen-bond donors (Lipinski definition) is 0. The third-order valence-electron chi connectivity index (χ3n) is 2.60. The molecule has 1 aliphatic rings. The molecule has 0 amide bonds. The van der Waals surface area contributed by atoms with Crippen LogP contribution in [-0.4, -0.2) is 18.0 Å². The molecular formula is C11H13Cl2N. The first-order valence-corrected chi connectivity index (χ1v) is 5.67. The van der Waals surface area contributed by atoms with E-state index in [1.807, 2.05) is 18.2 Å². The summed E-state index contributed by atoms with van der Waals surface area (Å²) in [7, 11) is 0. The molecule has 0 spiro atoms. The maximum absolute atomic E-state index is 6.09. The molecule has 0 bridgehead atoms. The molecule has 14 heavy (non-hydrogen) atoms. The zero-order chi connectivity index (χ0) is 9.97. The molecule has 0 saturated carbocycles.